The molecule has 118 valence electrons. The summed E-state index contributed by atoms with van der Waals surface area (Å²) in [7, 11) is 1.53. The third kappa shape index (κ3) is 2.19. The van der Waals surface area contributed by atoms with Crippen LogP contribution in [0.1, 0.15) is 18.1 Å². The van der Waals surface area contributed by atoms with E-state index in [4.69, 9.17) is 14.5 Å². The van der Waals surface area contributed by atoms with Gasteiger partial charge in [0.2, 0.25) is 0 Å². The van der Waals surface area contributed by atoms with Crippen molar-refractivity contribution < 1.29 is 13.9 Å². The van der Waals surface area contributed by atoms with Crippen molar-refractivity contribution in [2.24, 2.45) is 4.99 Å². The van der Waals surface area contributed by atoms with Gasteiger partial charge >= 0.3 is 0 Å². The van der Waals surface area contributed by atoms with E-state index < -0.39 is 11.4 Å². The summed E-state index contributed by atoms with van der Waals surface area (Å²) in [5, 5.41) is 0.979. The van der Waals surface area contributed by atoms with E-state index in [1.54, 1.807) is 11.8 Å². The number of fused-ring (bicyclic) bond motifs is 4. The highest BCUT2D eigenvalue weighted by Gasteiger charge is 2.46. The molecule has 2 aromatic carbocycles. The van der Waals surface area contributed by atoms with Crippen molar-refractivity contribution in [3.63, 3.8) is 0 Å². The molecule has 3 nitrogen and oxygen atoms in total. The van der Waals surface area contributed by atoms with Crippen LogP contribution in [0.15, 0.2) is 39.8 Å². The smallest absolute Gasteiger partial charge is 0.169 e. The molecule has 23 heavy (non-hydrogen) atoms. The maximum Gasteiger partial charge on any atom is 0.169 e. The Labute approximate surface area is 146 Å². The van der Waals surface area contributed by atoms with Crippen LogP contribution in [0.25, 0.3) is 0 Å². The van der Waals surface area contributed by atoms with Gasteiger partial charge in [0.1, 0.15) is 17.0 Å². The Bertz CT molecular complexity index is 855. The van der Waals surface area contributed by atoms with Crippen LogP contribution >= 0.6 is 27.7 Å². The number of thioether (sulfide) groups is 1. The summed E-state index contributed by atoms with van der Waals surface area (Å²) < 4.78 is 26.6. The van der Waals surface area contributed by atoms with Crippen LogP contribution in [-0.2, 0) is 5.54 Å². The number of methoxy groups -OCH3 is 1. The van der Waals surface area contributed by atoms with Gasteiger partial charge in [0.25, 0.3) is 0 Å². The maximum atomic E-state index is 14.6. The van der Waals surface area contributed by atoms with Gasteiger partial charge in [-0.2, -0.15) is 0 Å². The van der Waals surface area contributed by atoms with Crippen LogP contribution in [0.2, 0.25) is 0 Å². The molecule has 0 amide bonds. The van der Waals surface area contributed by atoms with Gasteiger partial charge < -0.3 is 9.47 Å². The Morgan fingerprint density at radius 3 is 2.83 bits per heavy atom. The zero-order chi connectivity index (χ0) is 16.2. The second kappa shape index (κ2) is 5.24. The first-order valence-electron chi connectivity index (χ1n) is 7.08. The van der Waals surface area contributed by atoms with Gasteiger partial charge in [0.05, 0.1) is 12.2 Å². The molecule has 0 saturated carbocycles. The summed E-state index contributed by atoms with van der Waals surface area (Å²) in [6.07, 6.45) is 0. The summed E-state index contributed by atoms with van der Waals surface area (Å²) in [6, 6.07) is 8.90. The van der Waals surface area contributed by atoms with Crippen molar-refractivity contribution in [1.29, 1.82) is 0 Å². The molecule has 2 aromatic rings. The number of hydrogen-bond acceptors (Lipinski definition) is 4. The van der Waals surface area contributed by atoms with E-state index in [0.29, 0.717) is 22.8 Å². The number of halogens is 2. The SMILES string of the molecule is COc1cc(F)c2c(c1)[C@]1(CSC(C)=N1)c1cc(Br)ccc1O2. The average Bonchev–Trinajstić information content (AvgIpc) is 2.92. The summed E-state index contributed by atoms with van der Waals surface area (Å²) in [5.41, 5.74) is 1.01. The van der Waals surface area contributed by atoms with Gasteiger partial charge in [0, 0.05) is 27.4 Å². The molecule has 0 aromatic heterocycles. The Hall–Kier alpha value is -1.53. The van der Waals surface area contributed by atoms with Gasteiger partial charge in [0.15, 0.2) is 11.6 Å². The molecule has 1 atom stereocenters. The fraction of sp³-hybridized carbons (Fsp3) is 0.235. The van der Waals surface area contributed by atoms with E-state index in [2.05, 4.69) is 15.9 Å². The lowest BCUT2D eigenvalue weighted by Gasteiger charge is -2.35. The molecular formula is C17H13BrFNO2S. The monoisotopic (exact) mass is 393 g/mol. The topological polar surface area (TPSA) is 30.8 Å². The molecule has 6 heteroatoms. The van der Waals surface area contributed by atoms with Crippen LogP contribution < -0.4 is 9.47 Å². The van der Waals surface area contributed by atoms with Crippen LogP contribution in [0.4, 0.5) is 4.39 Å². The predicted molar refractivity (Wildman–Crippen MR) is 93.5 cm³/mol. The van der Waals surface area contributed by atoms with Crippen molar-refractivity contribution in [2.45, 2.75) is 12.5 Å². The van der Waals surface area contributed by atoms with Gasteiger partial charge in [-0.05, 0) is 31.2 Å². The van der Waals surface area contributed by atoms with Gasteiger partial charge in [-0.1, -0.05) is 15.9 Å². The van der Waals surface area contributed by atoms with Gasteiger partial charge in [-0.25, -0.2) is 4.39 Å². The molecule has 0 aliphatic carbocycles. The van der Waals surface area contributed by atoms with Crippen LogP contribution in [0, 0.1) is 5.82 Å². The highest BCUT2D eigenvalue weighted by molar-refractivity contribution is 9.10. The van der Waals surface area contributed by atoms with Gasteiger partial charge in [-0.3, -0.25) is 4.99 Å². The second-order valence-electron chi connectivity index (χ2n) is 5.51. The molecule has 2 aliphatic rings. The predicted octanol–water partition coefficient (Wildman–Crippen LogP) is 5.11. The van der Waals surface area contributed by atoms with Crippen molar-refractivity contribution in [3.8, 4) is 17.2 Å². The Balaban J connectivity index is 2.05. The fourth-order valence-corrected chi connectivity index (χ4v) is 4.46. The number of benzene rings is 2. The summed E-state index contributed by atoms with van der Waals surface area (Å²) in [6.45, 7) is 1.97. The van der Waals surface area contributed by atoms with E-state index in [1.165, 1.54) is 13.2 Å². The quantitative estimate of drug-likeness (QED) is 0.674. The lowest BCUT2D eigenvalue weighted by Crippen LogP contribution is -2.30. The first-order chi connectivity index (χ1) is 11.0. The molecule has 2 heterocycles. The molecule has 0 unspecified atom stereocenters. The normalized spacial score (nSPS) is 21.5. The molecule has 0 bridgehead atoms. The molecule has 0 radical (unpaired) electrons. The van der Waals surface area contributed by atoms with Crippen LogP contribution in [-0.4, -0.2) is 17.9 Å². The first-order valence-corrected chi connectivity index (χ1v) is 8.86. The zero-order valence-electron chi connectivity index (χ0n) is 12.5. The Kier molecular flexibility index (Phi) is 3.43. The number of ether oxygens (including phenoxy) is 2. The van der Waals surface area contributed by atoms with Crippen molar-refractivity contribution >= 4 is 32.7 Å². The number of rotatable bonds is 1. The first kappa shape index (κ1) is 15.0. The maximum absolute atomic E-state index is 14.6. The highest BCUT2D eigenvalue weighted by Crippen LogP contribution is 2.55. The van der Waals surface area contributed by atoms with Crippen molar-refractivity contribution in [1.82, 2.24) is 0 Å². The van der Waals surface area contributed by atoms with Crippen LogP contribution in [0.3, 0.4) is 0 Å². The highest BCUT2D eigenvalue weighted by atomic mass is 79.9. The third-order valence-electron chi connectivity index (χ3n) is 4.14. The molecule has 1 spiro atoms. The lowest BCUT2D eigenvalue weighted by molar-refractivity contribution is 0.373. The number of nitrogens with zero attached hydrogens (tertiary/aromatic N) is 1. The fourth-order valence-electron chi connectivity index (χ4n) is 3.08. The Morgan fingerprint density at radius 1 is 1.30 bits per heavy atom. The number of hydrogen-bond donors (Lipinski definition) is 0. The van der Waals surface area contributed by atoms with E-state index in [0.717, 1.165) is 15.1 Å². The zero-order valence-corrected chi connectivity index (χ0v) is 14.9. The van der Waals surface area contributed by atoms with Crippen LogP contribution in [0.5, 0.6) is 17.2 Å². The molecule has 0 N–H and O–H groups in total. The summed E-state index contributed by atoms with van der Waals surface area (Å²) in [5.74, 6) is 1.62. The standard InChI is InChI=1S/C17H13BrFNO2S/c1-9-20-17(8-23-9)12-5-10(18)3-4-15(12)22-16-13(17)6-11(21-2)7-14(16)19/h3-7H,8H2,1-2H3/t17-/m0/s1. The second-order valence-corrected chi connectivity index (χ2v) is 7.59. The summed E-state index contributed by atoms with van der Waals surface area (Å²) in [4.78, 5) is 4.88. The third-order valence-corrected chi connectivity index (χ3v) is 5.70. The number of aliphatic imine (C=N–C) groups is 1. The van der Waals surface area contributed by atoms with Crippen molar-refractivity contribution in [2.75, 3.05) is 12.9 Å². The minimum atomic E-state index is -0.642. The molecule has 0 saturated heterocycles. The van der Waals surface area contributed by atoms with E-state index in [1.807, 2.05) is 31.2 Å². The van der Waals surface area contributed by atoms with E-state index >= 15 is 0 Å². The Morgan fingerprint density at radius 2 is 2.13 bits per heavy atom. The molecular weight excluding hydrogens is 381 g/mol. The van der Waals surface area contributed by atoms with E-state index in [-0.39, 0.29) is 5.75 Å². The summed E-state index contributed by atoms with van der Waals surface area (Å²) >= 11 is 5.18. The molecule has 2 aliphatic heterocycles. The largest absolute Gasteiger partial charge is 0.497 e. The minimum absolute atomic E-state index is 0.236. The van der Waals surface area contributed by atoms with E-state index in [9.17, 15) is 4.39 Å². The lowest BCUT2D eigenvalue weighted by atomic mass is 9.82. The van der Waals surface area contributed by atoms with Crippen molar-refractivity contribution in [3.05, 3.63) is 51.7 Å². The molecule has 4 rings (SSSR count). The minimum Gasteiger partial charge on any atom is -0.497 e. The average molecular weight is 394 g/mol. The molecule has 0 fully saturated rings. The van der Waals surface area contributed by atoms with Gasteiger partial charge in [-0.15, -0.1) is 11.8 Å².